The van der Waals surface area contributed by atoms with Gasteiger partial charge in [0, 0.05) is 5.92 Å². The molecule has 1 aliphatic rings. The summed E-state index contributed by atoms with van der Waals surface area (Å²) in [6.07, 6.45) is 0.772. The summed E-state index contributed by atoms with van der Waals surface area (Å²) >= 11 is 0. The van der Waals surface area contributed by atoms with E-state index in [-0.39, 0.29) is 11.9 Å². The number of rotatable bonds is 5. The second-order valence-electron chi connectivity index (χ2n) is 5.56. The lowest BCUT2D eigenvalue weighted by molar-refractivity contribution is 0.306. The molecule has 0 bridgehead atoms. The fraction of sp³-hybridized carbons (Fsp3) is 0.222. The first-order valence-electron chi connectivity index (χ1n) is 7.60. The molecule has 0 fully saturated rings. The Morgan fingerprint density at radius 3 is 2.57 bits per heavy atom. The summed E-state index contributed by atoms with van der Waals surface area (Å²) in [5, 5.41) is 0. The van der Waals surface area contributed by atoms with E-state index in [4.69, 9.17) is 16.2 Å². The molecule has 23 heavy (non-hydrogen) atoms. The fourth-order valence-electron chi connectivity index (χ4n) is 2.51. The van der Waals surface area contributed by atoms with Crippen LogP contribution in [0.25, 0.3) is 0 Å². The van der Waals surface area contributed by atoms with Crippen molar-refractivity contribution in [2.24, 2.45) is 27.4 Å². The van der Waals surface area contributed by atoms with Crippen molar-refractivity contribution < 1.29 is 4.74 Å². The van der Waals surface area contributed by atoms with Gasteiger partial charge in [-0.05, 0) is 29.7 Å². The van der Waals surface area contributed by atoms with Crippen LogP contribution in [-0.4, -0.2) is 18.3 Å². The third-order valence-corrected chi connectivity index (χ3v) is 3.76. The molecule has 0 amide bonds. The van der Waals surface area contributed by atoms with Crippen LogP contribution in [-0.2, 0) is 13.0 Å². The number of amidine groups is 1. The lowest BCUT2D eigenvalue weighted by Gasteiger charge is -2.18. The maximum atomic E-state index is 5.95. The molecule has 5 nitrogen and oxygen atoms in total. The number of hydrogen-bond donors (Lipinski definition) is 2. The number of benzene rings is 2. The molecule has 0 spiro atoms. The van der Waals surface area contributed by atoms with Gasteiger partial charge in [0.1, 0.15) is 18.2 Å². The van der Waals surface area contributed by atoms with Gasteiger partial charge in [0.15, 0.2) is 0 Å². The highest BCUT2D eigenvalue weighted by molar-refractivity contribution is 5.97. The van der Waals surface area contributed by atoms with Gasteiger partial charge in [0.05, 0.1) is 6.54 Å². The molecule has 118 valence electrons. The van der Waals surface area contributed by atoms with Crippen molar-refractivity contribution in [2.75, 3.05) is 6.54 Å². The first-order chi connectivity index (χ1) is 11.2. The number of nitrogens with zero attached hydrogens (tertiary/aromatic N) is 2. The number of ether oxygens (including phenoxy) is 1. The Morgan fingerprint density at radius 2 is 1.78 bits per heavy atom. The third-order valence-electron chi connectivity index (χ3n) is 3.76. The van der Waals surface area contributed by atoms with Gasteiger partial charge in [-0.25, -0.2) is 4.99 Å². The maximum absolute atomic E-state index is 5.95. The van der Waals surface area contributed by atoms with E-state index < -0.39 is 0 Å². The number of nitrogens with two attached hydrogens (primary N) is 2. The number of guanidine groups is 1. The number of aliphatic imine (C=N–C) groups is 2. The minimum atomic E-state index is 0.0895. The van der Waals surface area contributed by atoms with E-state index in [0.29, 0.717) is 19.0 Å². The first-order valence-corrected chi connectivity index (χ1v) is 7.60. The van der Waals surface area contributed by atoms with Crippen molar-refractivity contribution in [2.45, 2.75) is 13.0 Å². The van der Waals surface area contributed by atoms with Gasteiger partial charge in [0.2, 0.25) is 5.96 Å². The Bertz CT molecular complexity index is 725. The summed E-state index contributed by atoms with van der Waals surface area (Å²) in [5.74, 6) is 1.75. The monoisotopic (exact) mass is 308 g/mol. The third kappa shape index (κ3) is 4.10. The van der Waals surface area contributed by atoms with Crippen molar-refractivity contribution in [1.82, 2.24) is 0 Å². The molecule has 0 saturated carbocycles. The highest BCUT2D eigenvalue weighted by Gasteiger charge is 2.18. The summed E-state index contributed by atoms with van der Waals surface area (Å²) < 4.78 is 5.86. The largest absolute Gasteiger partial charge is 0.489 e. The summed E-state index contributed by atoms with van der Waals surface area (Å²) in [6.45, 7) is 1.13. The highest BCUT2D eigenvalue weighted by Crippen LogP contribution is 2.19. The molecule has 2 aromatic carbocycles. The molecule has 1 unspecified atom stereocenters. The SMILES string of the molecule is NC1=NCC(Cc2cccc(OCc3ccccc3)c2)C(N)=N1. The smallest absolute Gasteiger partial charge is 0.217 e. The van der Waals surface area contributed by atoms with Crippen LogP contribution in [0, 0.1) is 5.92 Å². The Hall–Kier alpha value is -2.82. The van der Waals surface area contributed by atoms with Gasteiger partial charge < -0.3 is 16.2 Å². The molecule has 0 aromatic heterocycles. The van der Waals surface area contributed by atoms with Gasteiger partial charge in [-0.15, -0.1) is 0 Å². The van der Waals surface area contributed by atoms with Crippen LogP contribution < -0.4 is 16.2 Å². The zero-order valence-electron chi connectivity index (χ0n) is 12.9. The van der Waals surface area contributed by atoms with Crippen molar-refractivity contribution in [3.63, 3.8) is 0 Å². The van der Waals surface area contributed by atoms with E-state index in [1.54, 1.807) is 0 Å². The normalized spacial score (nSPS) is 17.3. The lowest BCUT2D eigenvalue weighted by Crippen LogP contribution is -2.34. The zero-order chi connectivity index (χ0) is 16.1. The van der Waals surface area contributed by atoms with Crippen LogP contribution in [0.2, 0.25) is 0 Å². The average molecular weight is 308 g/mol. The fourth-order valence-corrected chi connectivity index (χ4v) is 2.51. The van der Waals surface area contributed by atoms with Crippen molar-refractivity contribution in [1.29, 1.82) is 0 Å². The van der Waals surface area contributed by atoms with E-state index in [2.05, 4.69) is 16.1 Å². The predicted octanol–water partition coefficient (Wildman–Crippen LogP) is 2.11. The van der Waals surface area contributed by atoms with Gasteiger partial charge >= 0.3 is 0 Å². The van der Waals surface area contributed by atoms with E-state index in [1.165, 1.54) is 0 Å². The van der Waals surface area contributed by atoms with E-state index in [1.807, 2.05) is 48.5 Å². The van der Waals surface area contributed by atoms with Crippen LogP contribution in [0.15, 0.2) is 64.6 Å². The summed E-state index contributed by atoms with van der Waals surface area (Å²) in [6, 6.07) is 18.2. The molecule has 0 aliphatic carbocycles. The van der Waals surface area contributed by atoms with Gasteiger partial charge in [-0.2, -0.15) is 0 Å². The molecule has 1 aliphatic heterocycles. The van der Waals surface area contributed by atoms with E-state index >= 15 is 0 Å². The molecule has 0 radical (unpaired) electrons. The molecule has 1 atom stereocenters. The second-order valence-corrected chi connectivity index (χ2v) is 5.56. The molecule has 0 saturated heterocycles. The number of hydrogen-bond acceptors (Lipinski definition) is 5. The van der Waals surface area contributed by atoms with Gasteiger partial charge in [-0.3, -0.25) is 4.99 Å². The zero-order valence-corrected chi connectivity index (χ0v) is 12.9. The Morgan fingerprint density at radius 1 is 1.00 bits per heavy atom. The van der Waals surface area contributed by atoms with Gasteiger partial charge in [0.25, 0.3) is 0 Å². The summed E-state index contributed by atoms with van der Waals surface area (Å²) in [4.78, 5) is 8.20. The lowest BCUT2D eigenvalue weighted by atomic mass is 9.97. The molecular formula is C18H20N4O. The molecule has 5 heteroatoms. The standard InChI is InChI=1S/C18H20N4O/c19-17-15(11-21-18(20)22-17)9-14-7-4-8-16(10-14)23-12-13-5-2-1-3-6-13/h1-8,10,15H,9,11-12H2,(H4,19,20,21,22). The Labute approximate surface area is 135 Å². The minimum absolute atomic E-state index is 0.0895. The van der Waals surface area contributed by atoms with Crippen LogP contribution >= 0.6 is 0 Å². The Kier molecular flexibility index (Phi) is 4.57. The molecule has 4 N–H and O–H groups in total. The molecule has 2 aromatic rings. The first kappa shape index (κ1) is 15.1. The molecular weight excluding hydrogens is 288 g/mol. The summed E-state index contributed by atoms with van der Waals surface area (Å²) in [5.41, 5.74) is 13.8. The minimum Gasteiger partial charge on any atom is -0.489 e. The summed E-state index contributed by atoms with van der Waals surface area (Å²) in [7, 11) is 0. The van der Waals surface area contributed by atoms with Crippen LogP contribution in [0.5, 0.6) is 5.75 Å². The van der Waals surface area contributed by atoms with Gasteiger partial charge in [-0.1, -0.05) is 42.5 Å². The van der Waals surface area contributed by atoms with Crippen LogP contribution in [0.1, 0.15) is 11.1 Å². The van der Waals surface area contributed by atoms with E-state index in [0.717, 1.165) is 23.3 Å². The molecule has 3 rings (SSSR count). The van der Waals surface area contributed by atoms with E-state index in [9.17, 15) is 0 Å². The van der Waals surface area contributed by atoms with Crippen LogP contribution in [0.4, 0.5) is 0 Å². The highest BCUT2D eigenvalue weighted by atomic mass is 16.5. The predicted molar refractivity (Wildman–Crippen MR) is 92.5 cm³/mol. The van der Waals surface area contributed by atoms with Crippen LogP contribution in [0.3, 0.4) is 0 Å². The maximum Gasteiger partial charge on any atom is 0.217 e. The topological polar surface area (TPSA) is 86.0 Å². The Balaban J connectivity index is 1.63. The quantitative estimate of drug-likeness (QED) is 0.887. The van der Waals surface area contributed by atoms with Crippen molar-refractivity contribution >= 4 is 11.8 Å². The second kappa shape index (κ2) is 6.96. The average Bonchev–Trinajstić information content (AvgIpc) is 2.57. The molecule has 1 heterocycles. The van der Waals surface area contributed by atoms with Crippen molar-refractivity contribution in [3.8, 4) is 5.75 Å². The van der Waals surface area contributed by atoms with Crippen molar-refractivity contribution in [3.05, 3.63) is 65.7 Å².